The largest absolute Gasteiger partial charge is 0.496 e. The molecule has 2 N–H and O–H groups in total. The maximum absolute atomic E-state index is 14.0. The summed E-state index contributed by atoms with van der Waals surface area (Å²) in [5.74, 6) is 0.0928. The van der Waals surface area contributed by atoms with Crippen molar-refractivity contribution in [2.45, 2.75) is 5.92 Å². The highest BCUT2D eigenvalue weighted by molar-refractivity contribution is 7.19. The molecule has 1 aliphatic heterocycles. The van der Waals surface area contributed by atoms with E-state index < -0.39 is 11.9 Å². The van der Waals surface area contributed by atoms with Gasteiger partial charge in [0.25, 0.3) is 5.56 Å². The van der Waals surface area contributed by atoms with Crippen LogP contribution in [0.5, 0.6) is 11.5 Å². The molecule has 8 nitrogen and oxygen atoms in total. The van der Waals surface area contributed by atoms with Gasteiger partial charge in [0, 0.05) is 16.7 Å². The maximum atomic E-state index is 14.0. The van der Waals surface area contributed by atoms with Crippen LogP contribution in [0.4, 0.5) is 0 Å². The summed E-state index contributed by atoms with van der Waals surface area (Å²) in [6.07, 6.45) is 1.74. The summed E-state index contributed by atoms with van der Waals surface area (Å²) in [6, 6.07) is 22.6. The van der Waals surface area contributed by atoms with Crippen molar-refractivity contribution in [3.63, 3.8) is 0 Å². The van der Waals surface area contributed by atoms with Crippen molar-refractivity contribution in [1.29, 1.82) is 0 Å². The molecule has 0 spiro atoms. The highest BCUT2D eigenvalue weighted by atomic mass is 32.1. The van der Waals surface area contributed by atoms with Crippen molar-refractivity contribution in [2.75, 3.05) is 21.3 Å². The van der Waals surface area contributed by atoms with E-state index in [-0.39, 0.29) is 17.0 Å². The van der Waals surface area contributed by atoms with E-state index in [9.17, 15) is 9.59 Å². The first-order chi connectivity index (χ1) is 20.0. The Labute approximate surface area is 242 Å². The molecule has 1 atom stereocenters. The van der Waals surface area contributed by atoms with Crippen LogP contribution in [-0.2, 0) is 9.53 Å². The van der Waals surface area contributed by atoms with Gasteiger partial charge >= 0.3 is 5.97 Å². The zero-order valence-electron chi connectivity index (χ0n) is 22.4. The number of hydrogen-bond donors (Lipinski definition) is 1. The summed E-state index contributed by atoms with van der Waals surface area (Å²) < 4.78 is 19.7. The van der Waals surface area contributed by atoms with Crippen LogP contribution in [0.25, 0.3) is 33.3 Å². The lowest BCUT2D eigenvalue weighted by Crippen LogP contribution is -2.40. The van der Waals surface area contributed by atoms with Gasteiger partial charge in [-0.05, 0) is 30.3 Å². The molecular weight excluding hydrogens is 558 g/mol. The summed E-state index contributed by atoms with van der Waals surface area (Å²) in [6.45, 7) is 0. The number of aromatic nitrogens is 2. The maximum Gasteiger partial charge on any atom is 0.337 e. The molecule has 0 saturated heterocycles. The fraction of sp³-hybridized carbons (Fsp3) is 0.129. The Morgan fingerprint density at radius 2 is 1.61 bits per heavy atom. The van der Waals surface area contributed by atoms with Crippen LogP contribution in [0.3, 0.4) is 0 Å². The van der Waals surface area contributed by atoms with Gasteiger partial charge < -0.3 is 19.9 Å². The van der Waals surface area contributed by atoms with Crippen molar-refractivity contribution < 1.29 is 19.0 Å². The Kier molecular flexibility index (Phi) is 6.94. The zero-order chi connectivity index (χ0) is 28.7. The quantitative estimate of drug-likeness (QED) is 0.304. The second-order valence-electron chi connectivity index (χ2n) is 9.16. The number of thiazole rings is 2. The lowest BCUT2D eigenvalue weighted by Gasteiger charge is -2.28. The minimum atomic E-state index is -0.712. The van der Waals surface area contributed by atoms with Gasteiger partial charge in [-0.2, -0.15) is 0 Å². The standard InChI is InChI=1S/C31H25N3O5S2/c1-37-20-13-7-4-10-17(20)16-23-29(35)34-27(32)25(28-33-19-12-6-9-15-22(19)40-28)24(18-11-5-8-14-21(18)38-2)26(30(34)41-23)31(36)39-3/h4-16,24H,32H2,1-3H3/b23-16-. The van der Waals surface area contributed by atoms with Crippen molar-refractivity contribution in [1.82, 2.24) is 9.55 Å². The van der Waals surface area contributed by atoms with E-state index in [4.69, 9.17) is 24.9 Å². The topological polar surface area (TPSA) is 106 Å². The Hall–Kier alpha value is -4.67. The lowest BCUT2D eigenvalue weighted by atomic mass is 9.83. The summed E-state index contributed by atoms with van der Waals surface area (Å²) in [5, 5.41) is 0.597. The van der Waals surface area contributed by atoms with Crippen molar-refractivity contribution >= 4 is 61.9 Å². The fourth-order valence-electron chi connectivity index (χ4n) is 5.10. The molecular formula is C31H25N3O5S2. The summed E-state index contributed by atoms with van der Waals surface area (Å²) in [4.78, 5) is 32.5. The van der Waals surface area contributed by atoms with Crippen LogP contribution >= 0.6 is 22.7 Å². The number of para-hydroxylation sites is 3. The van der Waals surface area contributed by atoms with Gasteiger partial charge in [0.2, 0.25) is 0 Å². The molecule has 41 heavy (non-hydrogen) atoms. The Bertz CT molecular complexity index is 2000. The molecule has 1 unspecified atom stereocenters. The third kappa shape index (κ3) is 4.41. The summed E-state index contributed by atoms with van der Waals surface area (Å²) in [7, 11) is 4.47. The number of carbonyl (C=O) groups is 1. The highest BCUT2D eigenvalue weighted by Crippen LogP contribution is 2.46. The molecule has 0 radical (unpaired) electrons. The Balaban J connectivity index is 1.75. The second kappa shape index (κ2) is 10.7. The Morgan fingerprint density at radius 1 is 0.927 bits per heavy atom. The number of hydrogen-bond acceptors (Lipinski definition) is 9. The molecule has 3 aromatic carbocycles. The number of carbonyl (C=O) groups excluding carboxylic acids is 1. The van der Waals surface area contributed by atoms with Gasteiger partial charge in [-0.25, -0.2) is 9.78 Å². The first-order valence-corrected chi connectivity index (χ1v) is 14.3. The monoisotopic (exact) mass is 583 g/mol. The van der Waals surface area contributed by atoms with E-state index in [0.29, 0.717) is 36.8 Å². The lowest BCUT2D eigenvalue weighted by molar-refractivity contribution is -0.134. The third-order valence-corrected chi connectivity index (χ3v) is 9.13. The number of rotatable bonds is 6. The van der Waals surface area contributed by atoms with E-state index >= 15 is 0 Å². The number of ether oxygens (including phenoxy) is 3. The van der Waals surface area contributed by atoms with Crippen molar-refractivity contribution in [2.24, 2.45) is 5.73 Å². The predicted molar refractivity (Wildman–Crippen MR) is 162 cm³/mol. The van der Waals surface area contributed by atoms with Gasteiger partial charge in [-0.1, -0.05) is 48.5 Å². The van der Waals surface area contributed by atoms with Crippen LogP contribution in [0.15, 0.2) is 77.6 Å². The zero-order valence-corrected chi connectivity index (χ0v) is 24.0. The molecule has 5 aromatic rings. The smallest absolute Gasteiger partial charge is 0.337 e. The SMILES string of the molecule is COC(=O)C1=c2s/c(=C\c3ccccc3OC)c(=O)n2C(N)=C(c2nc3ccccc3s2)C1c1ccccc1OC. The molecule has 206 valence electrons. The second-order valence-corrected chi connectivity index (χ2v) is 11.2. The van der Waals surface area contributed by atoms with Gasteiger partial charge in [0.1, 0.15) is 27.0 Å². The van der Waals surface area contributed by atoms with E-state index in [1.807, 2.05) is 72.8 Å². The minimum Gasteiger partial charge on any atom is -0.496 e. The number of esters is 1. The summed E-state index contributed by atoms with van der Waals surface area (Å²) >= 11 is 2.62. The van der Waals surface area contributed by atoms with Crippen molar-refractivity contribution in [3.05, 3.63) is 108 Å². The molecule has 10 heteroatoms. The van der Waals surface area contributed by atoms with Crippen LogP contribution < -0.4 is 30.0 Å². The third-order valence-electron chi connectivity index (χ3n) is 6.95. The van der Waals surface area contributed by atoms with Crippen LogP contribution in [0.2, 0.25) is 0 Å². The first kappa shape index (κ1) is 26.5. The molecule has 3 heterocycles. The number of fused-ring (bicyclic) bond motifs is 2. The summed E-state index contributed by atoms with van der Waals surface area (Å²) in [5.41, 5.74) is 9.58. The van der Waals surface area contributed by atoms with Crippen LogP contribution in [0, 0.1) is 0 Å². The van der Waals surface area contributed by atoms with Crippen LogP contribution in [0.1, 0.15) is 22.1 Å². The first-order valence-electron chi connectivity index (χ1n) is 12.6. The number of allylic oxidation sites excluding steroid dienone is 1. The van der Waals surface area contributed by atoms with Gasteiger partial charge in [0.15, 0.2) is 0 Å². The average Bonchev–Trinajstić information content (AvgIpc) is 3.57. The molecule has 1 aliphatic rings. The molecule has 0 saturated carbocycles. The van der Waals surface area contributed by atoms with Gasteiger partial charge in [-0.15, -0.1) is 22.7 Å². The Morgan fingerprint density at radius 3 is 2.34 bits per heavy atom. The van der Waals surface area contributed by atoms with E-state index in [1.54, 1.807) is 20.3 Å². The number of nitrogens with two attached hydrogens (primary N) is 1. The average molecular weight is 584 g/mol. The molecule has 0 fully saturated rings. The number of benzene rings is 3. The van der Waals surface area contributed by atoms with Crippen molar-refractivity contribution in [3.8, 4) is 11.5 Å². The minimum absolute atomic E-state index is 0.198. The van der Waals surface area contributed by atoms with E-state index in [2.05, 4.69) is 0 Å². The van der Waals surface area contributed by atoms with Gasteiger partial charge in [0.05, 0.1) is 47.6 Å². The predicted octanol–water partition coefficient (Wildman–Crippen LogP) is 3.77. The van der Waals surface area contributed by atoms with E-state index in [1.165, 1.54) is 34.4 Å². The highest BCUT2D eigenvalue weighted by Gasteiger charge is 2.39. The number of nitrogens with zero attached hydrogens (tertiary/aromatic N) is 2. The molecule has 0 aliphatic carbocycles. The van der Waals surface area contributed by atoms with E-state index in [0.717, 1.165) is 15.8 Å². The van der Waals surface area contributed by atoms with Gasteiger partial charge in [-0.3, -0.25) is 9.36 Å². The normalized spacial score (nSPS) is 15.2. The fourth-order valence-corrected chi connectivity index (χ4v) is 7.30. The van der Waals surface area contributed by atoms with Crippen LogP contribution in [-0.4, -0.2) is 36.8 Å². The molecule has 2 aromatic heterocycles. The molecule has 6 rings (SSSR count). The molecule has 0 amide bonds. The molecule has 0 bridgehead atoms. The number of methoxy groups -OCH3 is 3.